The summed E-state index contributed by atoms with van der Waals surface area (Å²) in [5.74, 6) is 1.31. The maximum Gasteiger partial charge on any atom is 0.223 e. The minimum absolute atomic E-state index is 0.202. The van der Waals surface area contributed by atoms with E-state index in [1.807, 2.05) is 0 Å². The molecule has 18 heavy (non-hydrogen) atoms. The first-order chi connectivity index (χ1) is 8.53. The number of nitrogens with one attached hydrogen (secondary N) is 1. The van der Waals surface area contributed by atoms with Gasteiger partial charge in [0, 0.05) is 17.3 Å². The average molecular weight is 316 g/mol. The fraction of sp³-hybridized carbons (Fsp3) is 0.933. The Kier molecular flexibility index (Phi) is 4.74. The predicted octanol–water partition coefficient (Wildman–Crippen LogP) is 3.88. The number of hydrogen-bond acceptors (Lipinski definition) is 1. The number of rotatable bonds is 3. The van der Waals surface area contributed by atoms with Crippen LogP contribution in [0, 0.1) is 17.3 Å². The molecule has 2 nitrogen and oxygen atoms in total. The monoisotopic (exact) mass is 315 g/mol. The van der Waals surface area contributed by atoms with Crippen molar-refractivity contribution in [1.29, 1.82) is 0 Å². The minimum Gasteiger partial charge on any atom is -0.353 e. The summed E-state index contributed by atoms with van der Waals surface area (Å²) >= 11 is 3.58. The lowest BCUT2D eigenvalue weighted by molar-refractivity contribution is -0.128. The summed E-state index contributed by atoms with van der Waals surface area (Å²) < 4.78 is 0. The van der Waals surface area contributed by atoms with Crippen LogP contribution in [0.25, 0.3) is 0 Å². The zero-order chi connectivity index (χ0) is 13.2. The summed E-state index contributed by atoms with van der Waals surface area (Å²) in [7, 11) is 0. The Labute approximate surface area is 119 Å². The van der Waals surface area contributed by atoms with Crippen LogP contribution in [0.15, 0.2) is 0 Å². The van der Waals surface area contributed by atoms with E-state index in [2.05, 4.69) is 35.1 Å². The Morgan fingerprint density at radius 1 is 1.28 bits per heavy atom. The highest BCUT2D eigenvalue weighted by atomic mass is 79.9. The van der Waals surface area contributed by atoms with Crippen molar-refractivity contribution in [2.75, 3.05) is 5.33 Å². The molecule has 0 radical (unpaired) electrons. The van der Waals surface area contributed by atoms with Gasteiger partial charge in [0.15, 0.2) is 0 Å². The second-order valence-corrected chi connectivity index (χ2v) is 7.47. The fourth-order valence-electron chi connectivity index (χ4n) is 3.68. The molecular formula is C15H26BrNO. The molecule has 0 saturated heterocycles. The molecule has 0 bridgehead atoms. The SMILES string of the molecule is CC1(C)CCCC1C(=O)NC1CCCC(CBr)C1. The van der Waals surface area contributed by atoms with Crippen molar-refractivity contribution in [3.63, 3.8) is 0 Å². The smallest absolute Gasteiger partial charge is 0.223 e. The third-order valence-electron chi connectivity index (χ3n) is 4.92. The molecule has 0 heterocycles. The van der Waals surface area contributed by atoms with Crippen molar-refractivity contribution in [3.8, 4) is 0 Å². The Morgan fingerprint density at radius 2 is 2.06 bits per heavy atom. The summed E-state index contributed by atoms with van der Waals surface area (Å²) in [5, 5.41) is 4.40. The molecule has 2 fully saturated rings. The van der Waals surface area contributed by atoms with Gasteiger partial charge >= 0.3 is 0 Å². The van der Waals surface area contributed by atoms with E-state index in [9.17, 15) is 4.79 Å². The summed E-state index contributed by atoms with van der Waals surface area (Å²) in [6.45, 7) is 4.48. The van der Waals surface area contributed by atoms with Crippen LogP contribution in [-0.4, -0.2) is 17.3 Å². The van der Waals surface area contributed by atoms with Crippen molar-refractivity contribution in [3.05, 3.63) is 0 Å². The van der Waals surface area contributed by atoms with E-state index >= 15 is 0 Å². The summed E-state index contributed by atoms with van der Waals surface area (Å²) in [6, 6.07) is 0.421. The average Bonchev–Trinajstić information content (AvgIpc) is 2.69. The van der Waals surface area contributed by atoms with Crippen molar-refractivity contribution in [2.45, 2.75) is 64.8 Å². The largest absolute Gasteiger partial charge is 0.353 e. The third-order valence-corrected chi connectivity index (χ3v) is 5.84. The highest BCUT2D eigenvalue weighted by molar-refractivity contribution is 9.09. The number of carbonyl (C=O) groups is 1. The number of halogens is 1. The number of alkyl halides is 1. The van der Waals surface area contributed by atoms with Gasteiger partial charge in [-0.05, 0) is 43.4 Å². The highest BCUT2D eigenvalue weighted by Gasteiger charge is 2.40. The van der Waals surface area contributed by atoms with Gasteiger partial charge in [-0.2, -0.15) is 0 Å². The van der Waals surface area contributed by atoms with Crippen LogP contribution in [-0.2, 0) is 4.79 Å². The maximum absolute atomic E-state index is 12.4. The molecule has 2 aliphatic carbocycles. The molecule has 3 unspecified atom stereocenters. The number of carbonyl (C=O) groups excluding carboxylic acids is 1. The lowest BCUT2D eigenvalue weighted by atomic mass is 9.80. The van der Waals surface area contributed by atoms with E-state index in [0.29, 0.717) is 11.9 Å². The standard InChI is InChI=1S/C15H26BrNO/c1-15(2)8-4-7-13(15)14(18)17-12-6-3-5-11(9-12)10-16/h11-13H,3-10H2,1-2H3,(H,17,18). The molecule has 3 atom stereocenters. The number of hydrogen-bond donors (Lipinski definition) is 1. The molecule has 0 aliphatic heterocycles. The molecule has 3 heteroatoms. The lowest BCUT2D eigenvalue weighted by Gasteiger charge is -2.32. The molecule has 0 aromatic rings. The molecule has 0 aromatic heterocycles. The molecule has 2 aliphatic rings. The van der Waals surface area contributed by atoms with Gasteiger partial charge in [-0.25, -0.2) is 0 Å². The van der Waals surface area contributed by atoms with Gasteiger partial charge in [-0.1, -0.05) is 42.6 Å². The van der Waals surface area contributed by atoms with Crippen LogP contribution < -0.4 is 5.32 Å². The lowest BCUT2D eigenvalue weighted by Crippen LogP contribution is -2.44. The predicted molar refractivity (Wildman–Crippen MR) is 78.8 cm³/mol. The van der Waals surface area contributed by atoms with Gasteiger partial charge in [0.25, 0.3) is 0 Å². The minimum atomic E-state index is 0.202. The third kappa shape index (κ3) is 3.28. The molecule has 2 saturated carbocycles. The van der Waals surface area contributed by atoms with E-state index in [0.717, 1.165) is 24.1 Å². The Bertz CT molecular complexity index is 303. The number of amides is 1. The summed E-state index contributed by atoms with van der Waals surface area (Å²) in [6.07, 6.45) is 8.38. The molecular weight excluding hydrogens is 290 g/mol. The van der Waals surface area contributed by atoms with Crippen LogP contribution in [0.4, 0.5) is 0 Å². The molecule has 1 N–H and O–H groups in total. The Hall–Kier alpha value is -0.0500. The molecule has 2 rings (SSSR count). The highest BCUT2D eigenvalue weighted by Crippen LogP contribution is 2.42. The normalized spacial score (nSPS) is 35.4. The van der Waals surface area contributed by atoms with Crippen LogP contribution >= 0.6 is 15.9 Å². The second kappa shape index (κ2) is 5.94. The van der Waals surface area contributed by atoms with Crippen molar-refractivity contribution in [2.24, 2.45) is 17.3 Å². The van der Waals surface area contributed by atoms with Crippen LogP contribution in [0.5, 0.6) is 0 Å². The Morgan fingerprint density at radius 3 is 2.67 bits per heavy atom. The van der Waals surface area contributed by atoms with Gasteiger partial charge in [0.2, 0.25) is 5.91 Å². The van der Waals surface area contributed by atoms with E-state index in [1.54, 1.807) is 0 Å². The van der Waals surface area contributed by atoms with E-state index in [-0.39, 0.29) is 11.3 Å². The maximum atomic E-state index is 12.4. The van der Waals surface area contributed by atoms with Gasteiger partial charge in [0.05, 0.1) is 0 Å². The second-order valence-electron chi connectivity index (χ2n) is 6.83. The quantitative estimate of drug-likeness (QED) is 0.787. The van der Waals surface area contributed by atoms with Crippen LogP contribution in [0.3, 0.4) is 0 Å². The van der Waals surface area contributed by atoms with Gasteiger partial charge < -0.3 is 5.32 Å². The molecule has 1 amide bonds. The Balaban J connectivity index is 1.87. The van der Waals surface area contributed by atoms with Crippen LogP contribution in [0.2, 0.25) is 0 Å². The van der Waals surface area contributed by atoms with E-state index < -0.39 is 0 Å². The van der Waals surface area contributed by atoms with Crippen molar-refractivity contribution in [1.82, 2.24) is 5.32 Å². The van der Waals surface area contributed by atoms with E-state index in [4.69, 9.17) is 0 Å². The fourth-order valence-corrected chi connectivity index (χ4v) is 4.26. The summed E-state index contributed by atoms with van der Waals surface area (Å²) in [4.78, 5) is 12.4. The van der Waals surface area contributed by atoms with Gasteiger partial charge in [0.1, 0.15) is 0 Å². The van der Waals surface area contributed by atoms with Crippen LogP contribution in [0.1, 0.15) is 58.8 Å². The first-order valence-electron chi connectivity index (χ1n) is 7.39. The zero-order valence-electron chi connectivity index (χ0n) is 11.7. The molecule has 0 aromatic carbocycles. The first-order valence-corrected chi connectivity index (χ1v) is 8.51. The zero-order valence-corrected chi connectivity index (χ0v) is 13.3. The van der Waals surface area contributed by atoms with Gasteiger partial charge in [-0.3, -0.25) is 4.79 Å². The van der Waals surface area contributed by atoms with Crippen molar-refractivity contribution >= 4 is 21.8 Å². The molecule has 0 spiro atoms. The van der Waals surface area contributed by atoms with Gasteiger partial charge in [-0.15, -0.1) is 0 Å². The van der Waals surface area contributed by atoms with Crippen molar-refractivity contribution < 1.29 is 4.79 Å². The van der Waals surface area contributed by atoms with E-state index in [1.165, 1.54) is 32.1 Å². The topological polar surface area (TPSA) is 29.1 Å². The first kappa shape index (κ1) is 14.4. The molecule has 104 valence electrons. The summed E-state index contributed by atoms with van der Waals surface area (Å²) in [5.41, 5.74) is 0.202.